The summed E-state index contributed by atoms with van der Waals surface area (Å²) in [6.45, 7) is 6.50. The number of nitrogens with one attached hydrogen (secondary N) is 1. The Morgan fingerprint density at radius 2 is 1.56 bits per heavy atom. The van der Waals surface area contributed by atoms with Gasteiger partial charge >= 0.3 is 0 Å². The molecule has 0 heterocycles. The molecule has 1 rings (SSSR count). The number of amides is 2. The highest BCUT2D eigenvalue weighted by Crippen LogP contribution is 2.08. The molecule has 0 fully saturated rings. The van der Waals surface area contributed by atoms with E-state index in [9.17, 15) is 9.59 Å². The van der Waals surface area contributed by atoms with Crippen LogP contribution in [0.4, 0.5) is 0 Å². The van der Waals surface area contributed by atoms with E-state index in [4.69, 9.17) is 0 Å². The largest absolute Gasteiger partial charge is 0.356 e. The molecule has 0 saturated carbocycles. The highest BCUT2D eigenvalue weighted by Gasteiger charge is 2.13. The van der Waals surface area contributed by atoms with Gasteiger partial charge in [-0.2, -0.15) is 0 Å². The second kappa shape index (κ2) is 15.2. The fourth-order valence-corrected chi connectivity index (χ4v) is 3.08. The third-order valence-electron chi connectivity index (χ3n) is 4.79. The molecule has 0 unspecified atom stereocenters. The summed E-state index contributed by atoms with van der Waals surface area (Å²) >= 11 is 0. The number of hydrogen-bond donors (Lipinski definition) is 1. The Balaban J connectivity index is 2.24. The number of nitrogens with zero attached hydrogens (tertiary/aromatic N) is 1. The van der Waals surface area contributed by atoms with Crippen molar-refractivity contribution in [2.45, 2.75) is 78.1 Å². The van der Waals surface area contributed by atoms with Gasteiger partial charge in [0.05, 0.1) is 0 Å². The van der Waals surface area contributed by atoms with E-state index in [0.29, 0.717) is 25.9 Å². The molecule has 0 atom stereocenters. The van der Waals surface area contributed by atoms with Gasteiger partial charge in [0.25, 0.3) is 0 Å². The molecule has 4 nitrogen and oxygen atoms in total. The standard InChI is InChI=1S/C23H38N2O2/c1-3-5-7-11-16-23(27)25(19-6-4-2)20-12-15-22(26)24-18-17-21-13-9-8-10-14-21/h8-10,13-14H,3-7,11-12,15-20H2,1-2H3,(H,24,26). The quantitative estimate of drug-likeness (QED) is 0.451. The van der Waals surface area contributed by atoms with Gasteiger partial charge in [0, 0.05) is 32.5 Å². The van der Waals surface area contributed by atoms with Gasteiger partial charge in [-0.3, -0.25) is 9.59 Å². The van der Waals surface area contributed by atoms with Gasteiger partial charge in [-0.1, -0.05) is 69.9 Å². The second-order valence-electron chi connectivity index (χ2n) is 7.23. The topological polar surface area (TPSA) is 49.4 Å². The van der Waals surface area contributed by atoms with Gasteiger partial charge in [-0.15, -0.1) is 0 Å². The zero-order valence-electron chi connectivity index (χ0n) is 17.3. The summed E-state index contributed by atoms with van der Waals surface area (Å²) < 4.78 is 0. The molecule has 0 aliphatic carbocycles. The highest BCUT2D eigenvalue weighted by molar-refractivity contribution is 5.77. The molecule has 152 valence electrons. The normalized spacial score (nSPS) is 10.6. The van der Waals surface area contributed by atoms with Crippen molar-refractivity contribution in [3.05, 3.63) is 35.9 Å². The lowest BCUT2D eigenvalue weighted by Crippen LogP contribution is -2.34. The van der Waals surface area contributed by atoms with Crippen molar-refractivity contribution in [1.29, 1.82) is 0 Å². The lowest BCUT2D eigenvalue weighted by molar-refractivity contribution is -0.132. The maximum atomic E-state index is 12.4. The lowest BCUT2D eigenvalue weighted by Gasteiger charge is -2.22. The summed E-state index contributed by atoms with van der Waals surface area (Å²) in [4.78, 5) is 26.4. The average molecular weight is 375 g/mol. The average Bonchev–Trinajstić information content (AvgIpc) is 2.68. The van der Waals surface area contributed by atoms with Crippen LogP contribution in [0.3, 0.4) is 0 Å². The molecule has 0 radical (unpaired) electrons. The minimum atomic E-state index is 0.0803. The molecule has 0 aromatic heterocycles. The Hall–Kier alpha value is -1.84. The minimum Gasteiger partial charge on any atom is -0.356 e. The van der Waals surface area contributed by atoms with E-state index in [0.717, 1.165) is 45.1 Å². The van der Waals surface area contributed by atoms with Crippen LogP contribution < -0.4 is 5.32 Å². The summed E-state index contributed by atoms with van der Waals surface area (Å²) in [5.41, 5.74) is 1.23. The Bertz CT molecular complexity index is 516. The lowest BCUT2D eigenvalue weighted by atomic mass is 10.1. The van der Waals surface area contributed by atoms with Crippen molar-refractivity contribution in [3.8, 4) is 0 Å². The predicted molar refractivity (Wildman–Crippen MR) is 113 cm³/mol. The number of carbonyl (C=O) groups excluding carboxylic acids is 2. The molecule has 0 aliphatic heterocycles. The fraction of sp³-hybridized carbons (Fsp3) is 0.652. The minimum absolute atomic E-state index is 0.0803. The van der Waals surface area contributed by atoms with Gasteiger partial charge in [0.1, 0.15) is 0 Å². The zero-order valence-corrected chi connectivity index (χ0v) is 17.3. The summed E-state index contributed by atoms with van der Waals surface area (Å²) in [5, 5.41) is 2.98. The van der Waals surface area contributed by atoms with Crippen LogP contribution >= 0.6 is 0 Å². The van der Waals surface area contributed by atoms with Crippen molar-refractivity contribution < 1.29 is 9.59 Å². The van der Waals surface area contributed by atoms with Crippen LogP contribution in [0.1, 0.15) is 77.2 Å². The van der Waals surface area contributed by atoms with Crippen LogP contribution in [0.5, 0.6) is 0 Å². The van der Waals surface area contributed by atoms with E-state index < -0.39 is 0 Å². The van der Waals surface area contributed by atoms with Crippen molar-refractivity contribution in [3.63, 3.8) is 0 Å². The van der Waals surface area contributed by atoms with Gasteiger partial charge < -0.3 is 10.2 Å². The summed E-state index contributed by atoms with van der Waals surface area (Å²) in [6.07, 6.45) is 9.34. The number of benzene rings is 1. The first-order valence-corrected chi connectivity index (χ1v) is 10.8. The molecule has 1 N–H and O–H groups in total. The Kier molecular flexibility index (Phi) is 13.1. The molecule has 1 aromatic carbocycles. The predicted octanol–water partition coefficient (Wildman–Crippen LogP) is 4.72. The van der Waals surface area contributed by atoms with Gasteiger partial charge in [-0.05, 0) is 31.2 Å². The molecule has 0 spiro atoms. The summed E-state index contributed by atoms with van der Waals surface area (Å²) in [7, 11) is 0. The fourth-order valence-electron chi connectivity index (χ4n) is 3.08. The van der Waals surface area contributed by atoms with Crippen molar-refractivity contribution in [1.82, 2.24) is 10.2 Å². The van der Waals surface area contributed by atoms with E-state index in [-0.39, 0.29) is 11.8 Å². The molecular weight excluding hydrogens is 336 g/mol. The molecule has 2 amide bonds. The van der Waals surface area contributed by atoms with Crippen LogP contribution in [-0.4, -0.2) is 36.3 Å². The number of unbranched alkanes of at least 4 members (excludes halogenated alkanes) is 4. The van der Waals surface area contributed by atoms with Crippen LogP contribution in [-0.2, 0) is 16.0 Å². The van der Waals surface area contributed by atoms with Gasteiger partial charge in [0.2, 0.25) is 11.8 Å². The van der Waals surface area contributed by atoms with E-state index in [2.05, 4.69) is 31.3 Å². The second-order valence-corrected chi connectivity index (χ2v) is 7.23. The summed E-state index contributed by atoms with van der Waals surface area (Å²) in [5.74, 6) is 0.334. The van der Waals surface area contributed by atoms with Crippen molar-refractivity contribution in [2.24, 2.45) is 0 Å². The Labute approximate surface area is 165 Å². The molecular formula is C23H38N2O2. The van der Waals surface area contributed by atoms with E-state index in [1.165, 1.54) is 18.4 Å². The first kappa shape index (κ1) is 23.2. The molecule has 1 aromatic rings. The third kappa shape index (κ3) is 11.5. The number of carbonyl (C=O) groups is 2. The van der Waals surface area contributed by atoms with Gasteiger partial charge in [0.15, 0.2) is 0 Å². The van der Waals surface area contributed by atoms with E-state index in [1.807, 2.05) is 23.1 Å². The number of rotatable bonds is 15. The molecule has 4 heteroatoms. The maximum Gasteiger partial charge on any atom is 0.222 e. The zero-order chi connectivity index (χ0) is 19.7. The molecule has 0 aliphatic rings. The van der Waals surface area contributed by atoms with Gasteiger partial charge in [-0.25, -0.2) is 0 Å². The highest BCUT2D eigenvalue weighted by atomic mass is 16.2. The van der Waals surface area contributed by atoms with Crippen molar-refractivity contribution in [2.75, 3.05) is 19.6 Å². The van der Waals surface area contributed by atoms with Crippen LogP contribution in [0.2, 0.25) is 0 Å². The monoisotopic (exact) mass is 374 g/mol. The third-order valence-corrected chi connectivity index (χ3v) is 4.79. The number of hydrogen-bond acceptors (Lipinski definition) is 2. The first-order chi connectivity index (χ1) is 13.2. The molecule has 0 saturated heterocycles. The first-order valence-electron chi connectivity index (χ1n) is 10.8. The van der Waals surface area contributed by atoms with E-state index >= 15 is 0 Å². The summed E-state index contributed by atoms with van der Waals surface area (Å²) in [6, 6.07) is 10.2. The Morgan fingerprint density at radius 3 is 2.26 bits per heavy atom. The van der Waals surface area contributed by atoms with Crippen LogP contribution in [0.25, 0.3) is 0 Å². The molecule has 27 heavy (non-hydrogen) atoms. The smallest absolute Gasteiger partial charge is 0.222 e. The molecule has 0 bridgehead atoms. The van der Waals surface area contributed by atoms with E-state index in [1.54, 1.807) is 0 Å². The SMILES string of the molecule is CCCCCCC(=O)N(CCCC)CCCC(=O)NCCc1ccccc1. The maximum absolute atomic E-state index is 12.4. The van der Waals surface area contributed by atoms with Crippen molar-refractivity contribution >= 4 is 11.8 Å². The van der Waals surface area contributed by atoms with Crippen LogP contribution in [0.15, 0.2) is 30.3 Å². The Morgan fingerprint density at radius 1 is 0.852 bits per heavy atom. The van der Waals surface area contributed by atoms with Crippen LogP contribution in [0, 0.1) is 0 Å².